The van der Waals surface area contributed by atoms with E-state index in [-0.39, 0.29) is 23.9 Å². The van der Waals surface area contributed by atoms with E-state index in [9.17, 15) is 4.79 Å². The highest BCUT2D eigenvalue weighted by molar-refractivity contribution is 6.31. The second-order valence-corrected chi connectivity index (χ2v) is 7.17. The maximum absolute atomic E-state index is 12.5. The molecule has 0 aromatic carbocycles. The Bertz CT molecular complexity index is 984. The average molecular weight is 401 g/mol. The van der Waals surface area contributed by atoms with E-state index in [4.69, 9.17) is 16.0 Å². The van der Waals surface area contributed by atoms with Gasteiger partial charge >= 0.3 is 0 Å². The maximum Gasteiger partial charge on any atom is 0.288 e. The fourth-order valence-electron chi connectivity index (χ4n) is 3.26. The number of pyridine rings is 1. The molecule has 1 saturated heterocycles. The summed E-state index contributed by atoms with van der Waals surface area (Å²) in [5.74, 6) is 0.628. The third kappa shape index (κ3) is 3.80. The van der Waals surface area contributed by atoms with E-state index in [0.717, 1.165) is 17.0 Å². The second-order valence-electron chi connectivity index (χ2n) is 6.79. The van der Waals surface area contributed by atoms with Crippen molar-refractivity contribution < 1.29 is 9.21 Å². The summed E-state index contributed by atoms with van der Waals surface area (Å²) in [6.07, 6.45) is 4.02. The summed E-state index contributed by atoms with van der Waals surface area (Å²) in [5, 5.41) is 7.96. The molecule has 1 amide bonds. The highest BCUT2D eigenvalue weighted by Gasteiger charge is 2.27. The molecular formula is C19H21ClN6O2. The molecule has 2 atom stereocenters. The van der Waals surface area contributed by atoms with Crippen LogP contribution in [0, 0.1) is 13.8 Å². The third-order valence-corrected chi connectivity index (χ3v) is 5.35. The zero-order chi connectivity index (χ0) is 19.7. The van der Waals surface area contributed by atoms with Gasteiger partial charge in [0.15, 0.2) is 5.76 Å². The summed E-state index contributed by atoms with van der Waals surface area (Å²) in [7, 11) is 0. The number of nitrogens with zero attached hydrogens (tertiary/aromatic N) is 3. The molecule has 0 saturated carbocycles. The van der Waals surface area contributed by atoms with Gasteiger partial charge in [0, 0.05) is 24.9 Å². The van der Waals surface area contributed by atoms with Crippen molar-refractivity contribution in [1.82, 2.24) is 30.9 Å². The second kappa shape index (κ2) is 7.75. The fraction of sp³-hybridized carbons (Fsp3) is 0.316. The molecule has 4 heterocycles. The predicted octanol–water partition coefficient (Wildman–Crippen LogP) is 2.48. The fourth-order valence-corrected chi connectivity index (χ4v) is 3.39. The van der Waals surface area contributed by atoms with Crippen LogP contribution in [0.5, 0.6) is 0 Å². The van der Waals surface area contributed by atoms with Gasteiger partial charge in [-0.25, -0.2) is 10.9 Å². The third-order valence-electron chi connectivity index (χ3n) is 4.80. The number of nitrogens with one attached hydrogen (secondary N) is 3. The Morgan fingerprint density at radius 2 is 2.07 bits per heavy atom. The van der Waals surface area contributed by atoms with Crippen molar-refractivity contribution in [3.05, 3.63) is 70.2 Å². The molecule has 1 aliphatic rings. The number of halogens is 1. The Morgan fingerprint density at radius 1 is 1.29 bits per heavy atom. The van der Waals surface area contributed by atoms with Gasteiger partial charge in [-0.1, -0.05) is 11.6 Å². The van der Waals surface area contributed by atoms with Crippen LogP contribution < -0.4 is 16.2 Å². The van der Waals surface area contributed by atoms with Crippen molar-refractivity contribution in [2.45, 2.75) is 39.0 Å². The minimum absolute atomic E-state index is 0.108. The minimum Gasteiger partial charge on any atom is -0.454 e. The number of hydrazine groups is 1. The first-order valence-electron chi connectivity index (χ1n) is 9.01. The lowest BCUT2D eigenvalue weighted by Crippen LogP contribution is -2.44. The van der Waals surface area contributed by atoms with Gasteiger partial charge in [-0.05, 0) is 43.7 Å². The molecule has 0 aliphatic carbocycles. The van der Waals surface area contributed by atoms with Crippen LogP contribution in [0.1, 0.15) is 45.7 Å². The number of carbonyl (C=O) groups is 1. The first kappa shape index (κ1) is 18.7. The number of hydrogen-bond donors (Lipinski definition) is 3. The summed E-state index contributed by atoms with van der Waals surface area (Å²) >= 11 is 6.18. The molecule has 4 rings (SSSR count). The Morgan fingerprint density at radius 3 is 2.79 bits per heavy atom. The molecule has 0 bridgehead atoms. The quantitative estimate of drug-likeness (QED) is 0.608. The number of carbonyl (C=O) groups excluding carboxylic acids is 1. The van der Waals surface area contributed by atoms with Gasteiger partial charge < -0.3 is 9.73 Å². The molecule has 3 aromatic heterocycles. The lowest BCUT2D eigenvalue weighted by atomic mass is 10.1. The van der Waals surface area contributed by atoms with E-state index in [1.165, 1.54) is 0 Å². The standard InChI is InChI=1S/C19H21ClN6O2/c1-11-18(20)12(2)26(25-11)10-14-3-4-16(28-14)19(27)22-17-9-15(23-24-17)13-5-7-21-8-6-13/h3-8,15,17,23-24H,9-10H2,1-2H3,(H,22,27). The van der Waals surface area contributed by atoms with E-state index >= 15 is 0 Å². The van der Waals surface area contributed by atoms with Crippen molar-refractivity contribution in [2.75, 3.05) is 0 Å². The van der Waals surface area contributed by atoms with E-state index in [1.54, 1.807) is 29.2 Å². The number of furan rings is 1. The molecule has 9 heteroatoms. The Kier molecular flexibility index (Phi) is 5.17. The van der Waals surface area contributed by atoms with Crippen LogP contribution in [-0.4, -0.2) is 26.8 Å². The largest absolute Gasteiger partial charge is 0.454 e. The maximum atomic E-state index is 12.5. The molecule has 3 N–H and O–H groups in total. The van der Waals surface area contributed by atoms with Gasteiger partial charge in [0.1, 0.15) is 5.76 Å². The molecule has 28 heavy (non-hydrogen) atoms. The summed E-state index contributed by atoms with van der Waals surface area (Å²) in [5.41, 5.74) is 9.03. The van der Waals surface area contributed by atoms with E-state index in [1.807, 2.05) is 26.0 Å². The average Bonchev–Trinajstić information content (AvgIpc) is 3.41. The Balaban J connectivity index is 1.36. The first-order valence-corrected chi connectivity index (χ1v) is 9.39. The van der Waals surface area contributed by atoms with Gasteiger partial charge in [-0.15, -0.1) is 0 Å². The Labute approximate surface area is 167 Å². The molecule has 1 aliphatic heterocycles. The van der Waals surface area contributed by atoms with Gasteiger partial charge in [0.2, 0.25) is 0 Å². The van der Waals surface area contributed by atoms with E-state index < -0.39 is 0 Å². The number of rotatable bonds is 5. The van der Waals surface area contributed by atoms with Crippen molar-refractivity contribution in [3.8, 4) is 0 Å². The predicted molar refractivity (Wildman–Crippen MR) is 104 cm³/mol. The van der Waals surface area contributed by atoms with Crippen LogP contribution in [0.4, 0.5) is 0 Å². The van der Waals surface area contributed by atoms with Crippen molar-refractivity contribution >= 4 is 17.5 Å². The Hall–Kier alpha value is -2.68. The molecule has 1 fully saturated rings. The smallest absolute Gasteiger partial charge is 0.288 e. The van der Waals surface area contributed by atoms with Gasteiger partial charge in [0.25, 0.3) is 5.91 Å². The lowest BCUT2D eigenvalue weighted by Gasteiger charge is -2.11. The highest BCUT2D eigenvalue weighted by atomic mass is 35.5. The number of aromatic nitrogens is 3. The summed E-state index contributed by atoms with van der Waals surface area (Å²) in [6.45, 7) is 4.17. The number of hydrogen-bond acceptors (Lipinski definition) is 6. The van der Waals surface area contributed by atoms with Crippen LogP contribution in [0.15, 0.2) is 41.1 Å². The summed E-state index contributed by atoms with van der Waals surface area (Å²) in [6, 6.07) is 7.46. The molecule has 0 radical (unpaired) electrons. The minimum atomic E-state index is -0.271. The normalized spacial score (nSPS) is 19.1. The monoisotopic (exact) mass is 400 g/mol. The van der Waals surface area contributed by atoms with Crippen LogP contribution >= 0.6 is 11.6 Å². The first-order chi connectivity index (χ1) is 13.5. The summed E-state index contributed by atoms with van der Waals surface area (Å²) in [4.78, 5) is 16.5. The highest BCUT2D eigenvalue weighted by Crippen LogP contribution is 2.22. The van der Waals surface area contributed by atoms with Crippen molar-refractivity contribution in [1.29, 1.82) is 0 Å². The topological polar surface area (TPSA) is 97.0 Å². The molecule has 8 nitrogen and oxygen atoms in total. The van der Waals surface area contributed by atoms with Crippen molar-refractivity contribution in [3.63, 3.8) is 0 Å². The molecule has 0 spiro atoms. The van der Waals surface area contributed by atoms with Gasteiger partial charge in [0.05, 0.1) is 29.1 Å². The van der Waals surface area contributed by atoms with Crippen LogP contribution in [0.2, 0.25) is 5.02 Å². The lowest BCUT2D eigenvalue weighted by molar-refractivity contribution is 0.0902. The van der Waals surface area contributed by atoms with Crippen LogP contribution in [0.3, 0.4) is 0 Å². The molecule has 146 valence electrons. The van der Waals surface area contributed by atoms with Crippen molar-refractivity contribution in [2.24, 2.45) is 0 Å². The molecule has 3 aromatic rings. The zero-order valence-electron chi connectivity index (χ0n) is 15.6. The van der Waals surface area contributed by atoms with Crippen LogP contribution in [-0.2, 0) is 6.54 Å². The van der Waals surface area contributed by atoms with Gasteiger partial charge in [-0.3, -0.25) is 14.5 Å². The van der Waals surface area contributed by atoms with E-state index in [2.05, 4.69) is 26.3 Å². The van der Waals surface area contributed by atoms with E-state index in [0.29, 0.717) is 23.7 Å². The number of aryl methyl sites for hydroxylation is 1. The molecule has 2 unspecified atom stereocenters. The zero-order valence-corrected chi connectivity index (χ0v) is 16.3. The molecular weight excluding hydrogens is 380 g/mol. The SMILES string of the molecule is Cc1nn(Cc2ccc(C(=O)NC3CC(c4ccncc4)NN3)o2)c(C)c1Cl. The van der Waals surface area contributed by atoms with Gasteiger partial charge in [-0.2, -0.15) is 5.10 Å². The number of amides is 1. The summed E-state index contributed by atoms with van der Waals surface area (Å²) < 4.78 is 7.47. The van der Waals surface area contributed by atoms with Crippen LogP contribution in [0.25, 0.3) is 0 Å².